The Labute approximate surface area is 126 Å². The summed E-state index contributed by atoms with van der Waals surface area (Å²) >= 11 is 0. The van der Waals surface area contributed by atoms with E-state index in [4.69, 9.17) is 9.47 Å². The van der Waals surface area contributed by atoms with Gasteiger partial charge in [-0.3, -0.25) is 4.99 Å². The molecule has 0 saturated carbocycles. The molecule has 2 rings (SSSR count). The predicted molar refractivity (Wildman–Crippen MR) is 83.9 cm³/mol. The average Bonchev–Trinajstić information content (AvgIpc) is 2.93. The van der Waals surface area contributed by atoms with Crippen molar-refractivity contribution in [2.45, 2.75) is 13.0 Å². The summed E-state index contributed by atoms with van der Waals surface area (Å²) < 4.78 is 10.7. The van der Waals surface area contributed by atoms with Crippen molar-refractivity contribution < 1.29 is 9.47 Å². The number of benzene rings is 1. The van der Waals surface area contributed by atoms with Crippen molar-refractivity contribution in [3.63, 3.8) is 0 Å². The van der Waals surface area contributed by atoms with Gasteiger partial charge in [-0.1, -0.05) is 6.07 Å². The van der Waals surface area contributed by atoms with Crippen LogP contribution >= 0.6 is 0 Å². The fourth-order valence-corrected chi connectivity index (χ4v) is 2.06. The number of fused-ring (bicyclic) bond motifs is 1. The molecule has 1 aromatic rings. The van der Waals surface area contributed by atoms with E-state index >= 15 is 0 Å². The molecule has 0 atom stereocenters. The minimum absolute atomic E-state index is 0.307. The molecule has 1 aliphatic heterocycles. The Morgan fingerprint density at radius 1 is 1.24 bits per heavy atom. The van der Waals surface area contributed by atoms with Crippen molar-refractivity contribution >= 4 is 5.96 Å². The van der Waals surface area contributed by atoms with Gasteiger partial charge in [-0.25, -0.2) is 0 Å². The van der Waals surface area contributed by atoms with Gasteiger partial charge in [-0.2, -0.15) is 0 Å². The normalized spacial score (nSPS) is 13.6. The molecule has 0 saturated heterocycles. The number of nitrogens with one attached hydrogen (secondary N) is 2. The van der Waals surface area contributed by atoms with Gasteiger partial charge in [0.1, 0.15) is 0 Å². The molecular formula is C15H24N4O2. The van der Waals surface area contributed by atoms with Crippen molar-refractivity contribution in [3.8, 4) is 11.5 Å². The van der Waals surface area contributed by atoms with Gasteiger partial charge in [-0.05, 0) is 44.8 Å². The van der Waals surface area contributed by atoms with E-state index < -0.39 is 0 Å². The molecule has 0 unspecified atom stereocenters. The van der Waals surface area contributed by atoms with Gasteiger partial charge in [0.05, 0.1) is 0 Å². The number of aliphatic imine (C=N–C) groups is 1. The highest BCUT2D eigenvalue weighted by molar-refractivity contribution is 5.79. The number of hydrogen-bond donors (Lipinski definition) is 2. The van der Waals surface area contributed by atoms with E-state index in [2.05, 4.69) is 34.6 Å². The Morgan fingerprint density at radius 2 is 2.05 bits per heavy atom. The van der Waals surface area contributed by atoms with Crippen LogP contribution in [0.1, 0.15) is 12.0 Å². The summed E-state index contributed by atoms with van der Waals surface area (Å²) in [6.07, 6.45) is 1.08. The van der Waals surface area contributed by atoms with Crippen molar-refractivity contribution in [1.82, 2.24) is 15.5 Å². The molecule has 6 heteroatoms. The maximum atomic E-state index is 5.37. The minimum atomic E-state index is 0.307. The van der Waals surface area contributed by atoms with E-state index in [1.54, 1.807) is 7.05 Å². The fourth-order valence-electron chi connectivity index (χ4n) is 2.06. The molecule has 0 aliphatic carbocycles. The third-order valence-electron chi connectivity index (χ3n) is 3.20. The molecule has 1 heterocycles. The van der Waals surface area contributed by atoms with Crippen molar-refractivity contribution in [2.75, 3.05) is 41.0 Å². The van der Waals surface area contributed by atoms with E-state index in [1.807, 2.05) is 18.2 Å². The summed E-state index contributed by atoms with van der Waals surface area (Å²) in [4.78, 5) is 6.39. The van der Waals surface area contributed by atoms with E-state index in [1.165, 1.54) is 0 Å². The molecule has 0 radical (unpaired) electrons. The van der Waals surface area contributed by atoms with Crippen LogP contribution in [-0.4, -0.2) is 51.9 Å². The Balaban J connectivity index is 1.75. The van der Waals surface area contributed by atoms with Crippen molar-refractivity contribution in [2.24, 2.45) is 4.99 Å². The van der Waals surface area contributed by atoms with Crippen molar-refractivity contribution in [1.29, 1.82) is 0 Å². The zero-order chi connectivity index (χ0) is 15.1. The number of guanidine groups is 1. The summed E-state index contributed by atoms with van der Waals surface area (Å²) in [6.45, 7) is 2.97. The van der Waals surface area contributed by atoms with Crippen LogP contribution < -0.4 is 20.1 Å². The lowest BCUT2D eigenvalue weighted by Crippen LogP contribution is -2.38. The van der Waals surface area contributed by atoms with Gasteiger partial charge in [-0.15, -0.1) is 0 Å². The number of nitrogens with zero attached hydrogens (tertiary/aromatic N) is 2. The second-order valence-corrected chi connectivity index (χ2v) is 5.20. The lowest BCUT2D eigenvalue weighted by Gasteiger charge is -2.13. The molecule has 0 fully saturated rings. The SMILES string of the molecule is CN=C(NCCCN(C)C)NCc1ccc2c(c1)OCO2. The first kappa shape index (κ1) is 15.4. The molecule has 116 valence electrons. The monoisotopic (exact) mass is 292 g/mol. The van der Waals surface area contributed by atoms with Crippen LogP contribution in [0, 0.1) is 0 Å². The van der Waals surface area contributed by atoms with Crippen LogP contribution in [-0.2, 0) is 6.54 Å². The molecule has 0 spiro atoms. The standard InChI is InChI=1S/C15H24N4O2/c1-16-15(17-7-4-8-19(2)3)18-10-12-5-6-13-14(9-12)21-11-20-13/h5-6,9H,4,7-8,10-11H2,1-3H3,(H2,16,17,18). The summed E-state index contributed by atoms with van der Waals surface area (Å²) in [6, 6.07) is 5.96. The summed E-state index contributed by atoms with van der Waals surface area (Å²) in [5.74, 6) is 2.43. The van der Waals surface area contributed by atoms with E-state index in [-0.39, 0.29) is 0 Å². The van der Waals surface area contributed by atoms with Crippen LogP contribution in [0.2, 0.25) is 0 Å². The Hall–Kier alpha value is -1.95. The summed E-state index contributed by atoms with van der Waals surface area (Å²) in [5, 5.41) is 6.60. The van der Waals surface area contributed by atoms with Crippen LogP contribution in [0.25, 0.3) is 0 Å². The topological polar surface area (TPSA) is 58.1 Å². The van der Waals surface area contributed by atoms with Gasteiger partial charge in [0.2, 0.25) is 6.79 Å². The minimum Gasteiger partial charge on any atom is -0.454 e. The molecule has 21 heavy (non-hydrogen) atoms. The molecule has 6 nitrogen and oxygen atoms in total. The highest BCUT2D eigenvalue weighted by atomic mass is 16.7. The van der Waals surface area contributed by atoms with Crippen LogP contribution in [0.5, 0.6) is 11.5 Å². The molecule has 0 aromatic heterocycles. The zero-order valence-corrected chi connectivity index (χ0v) is 13.0. The third-order valence-corrected chi connectivity index (χ3v) is 3.20. The van der Waals surface area contributed by atoms with Crippen LogP contribution in [0.15, 0.2) is 23.2 Å². The second kappa shape index (κ2) is 7.73. The van der Waals surface area contributed by atoms with Gasteiger partial charge < -0.3 is 25.0 Å². The summed E-state index contributed by atoms with van der Waals surface area (Å²) in [7, 11) is 5.93. The first-order valence-electron chi connectivity index (χ1n) is 7.17. The van der Waals surface area contributed by atoms with Gasteiger partial charge in [0.25, 0.3) is 0 Å². The van der Waals surface area contributed by atoms with E-state index in [9.17, 15) is 0 Å². The van der Waals surface area contributed by atoms with Crippen LogP contribution in [0.4, 0.5) is 0 Å². The lowest BCUT2D eigenvalue weighted by atomic mass is 10.2. The maximum Gasteiger partial charge on any atom is 0.231 e. The predicted octanol–water partition coefficient (Wildman–Crippen LogP) is 1.03. The molecule has 0 bridgehead atoms. The van der Waals surface area contributed by atoms with E-state index in [0.29, 0.717) is 13.3 Å². The maximum absolute atomic E-state index is 5.37. The Kier molecular flexibility index (Phi) is 5.68. The molecule has 0 amide bonds. The molecular weight excluding hydrogens is 268 g/mol. The van der Waals surface area contributed by atoms with Crippen LogP contribution in [0.3, 0.4) is 0 Å². The zero-order valence-electron chi connectivity index (χ0n) is 13.0. The first-order chi connectivity index (χ1) is 10.2. The highest BCUT2D eigenvalue weighted by Gasteiger charge is 2.13. The Morgan fingerprint density at radius 3 is 2.81 bits per heavy atom. The lowest BCUT2D eigenvalue weighted by molar-refractivity contribution is 0.174. The van der Waals surface area contributed by atoms with E-state index in [0.717, 1.165) is 42.5 Å². The van der Waals surface area contributed by atoms with Crippen molar-refractivity contribution in [3.05, 3.63) is 23.8 Å². The molecule has 2 N–H and O–H groups in total. The highest BCUT2D eigenvalue weighted by Crippen LogP contribution is 2.32. The van der Waals surface area contributed by atoms with Gasteiger partial charge in [0, 0.05) is 20.1 Å². The fraction of sp³-hybridized carbons (Fsp3) is 0.533. The smallest absolute Gasteiger partial charge is 0.231 e. The second-order valence-electron chi connectivity index (χ2n) is 5.20. The number of hydrogen-bond acceptors (Lipinski definition) is 4. The number of ether oxygens (including phenoxy) is 2. The first-order valence-corrected chi connectivity index (χ1v) is 7.17. The van der Waals surface area contributed by atoms with Gasteiger partial charge >= 0.3 is 0 Å². The Bertz CT molecular complexity index is 489. The quantitative estimate of drug-likeness (QED) is 0.466. The largest absolute Gasteiger partial charge is 0.454 e. The summed E-state index contributed by atoms with van der Waals surface area (Å²) in [5.41, 5.74) is 1.13. The molecule has 1 aliphatic rings. The molecule has 1 aromatic carbocycles. The average molecular weight is 292 g/mol. The third kappa shape index (κ3) is 4.82. The number of rotatable bonds is 6. The van der Waals surface area contributed by atoms with Gasteiger partial charge in [0.15, 0.2) is 17.5 Å².